The highest BCUT2D eigenvalue weighted by Gasteiger charge is 2.03. The minimum Gasteiger partial charge on any atom is -0.861 e. The van der Waals surface area contributed by atoms with Gasteiger partial charge in [0.15, 0.2) is 12.3 Å². The van der Waals surface area contributed by atoms with E-state index in [4.69, 9.17) is 16.1 Å². The Kier molecular flexibility index (Phi) is 4.22. The number of rotatable bonds is 4. The van der Waals surface area contributed by atoms with E-state index in [1.165, 1.54) is 22.6 Å². The van der Waals surface area contributed by atoms with E-state index >= 15 is 0 Å². The molecule has 1 heterocycles. The lowest BCUT2D eigenvalue weighted by Crippen LogP contribution is -2.27. The number of aromatic nitrogens is 2. The zero-order chi connectivity index (χ0) is 13.0. The third-order valence-electron chi connectivity index (χ3n) is 1.97. The van der Waals surface area contributed by atoms with Gasteiger partial charge in [0, 0.05) is 15.7 Å². The summed E-state index contributed by atoms with van der Waals surface area (Å²) in [5.41, 5.74) is 0. The van der Waals surface area contributed by atoms with Crippen molar-refractivity contribution in [1.29, 1.82) is 0 Å². The smallest absolute Gasteiger partial charge is 0.320 e. The molecule has 7 heteroatoms. The first-order valence-electron chi connectivity index (χ1n) is 5.09. The van der Waals surface area contributed by atoms with Crippen molar-refractivity contribution in [3.05, 3.63) is 35.5 Å². The predicted molar refractivity (Wildman–Crippen MR) is 67.0 cm³/mol. The Hall–Kier alpha value is -1.53. The molecule has 0 aliphatic rings. The van der Waals surface area contributed by atoms with E-state index in [9.17, 15) is 5.11 Å². The van der Waals surface area contributed by atoms with Gasteiger partial charge in [-0.25, -0.2) is 4.99 Å². The quantitative estimate of drug-likeness (QED) is 0.368. The number of hydrogen-bond acceptors (Lipinski definition) is 5. The van der Waals surface area contributed by atoms with Crippen molar-refractivity contribution in [1.82, 2.24) is 5.27 Å². The summed E-state index contributed by atoms with van der Waals surface area (Å²) in [4.78, 5) is 4.74. The molecule has 0 radical (unpaired) electrons. The highest BCUT2D eigenvalue weighted by Crippen LogP contribution is 2.20. The van der Waals surface area contributed by atoms with Crippen LogP contribution < -0.4 is 9.79 Å². The van der Waals surface area contributed by atoms with Crippen molar-refractivity contribution in [3.63, 3.8) is 0 Å². The highest BCUT2D eigenvalue weighted by atomic mass is 35.5. The lowest BCUT2D eigenvalue weighted by Gasteiger charge is -2.08. The Labute approximate surface area is 113 Å². The summed E-state index contributed by atoms with van der Waals surface area (Å²) in [6.07, 6.45) is 1.53. The van der Waals surface area contributed by atoms with Crippen LogP contribution in [0, 0.1) is 0 Å². The van der Waals surface area contributed by atoms with Crippen LogP contribution in [0.3, 0.4) is 0 Å². The minimum absolute atomic E-state index is 0.208. The SMILES string of the molecule is C[n+]1cc(/N=C(\[O-])CSc2ccc(Cl)cc2)on1. The first-order valence-corrected chi connectivity index (χ1v) is 6.45. The van der Waals surface area contributed by atoms with Crippen molar-refractivity contribution in [3.8, 4) is 0 Å². The van der Waals surface area contributed by atoms with Gasteiger partial charge in [-0.2, -0.15) is 0 Å². The van der Waals surface area contributed by atoms with Crippen LogP contribution in [-0.2, 0) is 7.05 Å². The van der Waals surface area contributed by atoms with Gasteiger partial charge in [0.1, 0.15) is 0 Å². The molecule has 0 aliphatic heterocycles. The van der Waals surface area contributed by atoms with E-state index in [1.807, 2.05) is 12.1 Å². The summed E-state index contributed by atoms with van der Waals surface area (Å²) in [7, 11) is 1.69. The molecule has 0 unspecified atom stereocenters. The molecule has 0 bridgehead atoms. The van der Waals surface area contributed by atoms with Crippen LogP contribution in [0.15, 0.2) is 44.9 Å². The zero-order valence-electron chi connectivity index (χ0n) is 9.54. The summed E-state index contributed by atoms with van der Waals surface area (Å²) in [6.45, 7) is 0. The molecule has 1 aromatic carbocycles. The predicted octanol–water partition coefficient (Wildman–Crippen LogP) is 1.34. The van der Waals surface area contributed by atoms with Gasteiger partial charge in [-0.1, -0.05) is 16.3 Å². The van der Waals surface area contributed by atoms with Crippen LogP contribution in [0.25, 0.3) is 0 Å². The van der Waals surface area contributed by atoms with Gasteiger partial charge in [0.25, 0.3) is 6.20 Å². The third-order valence-corrected chi connectivity index (χ3v) is 3.22. The van der Waals surface area contributed by atoms with Crippen LogP contribution >= 0.6 is 23.4 Å². The zero-order valence-corrected chi connectivity index (χ0v) is 11.1. The van der Waals surface area contributed by atoms with Crippen LogP contribution in [0.5, 0.6) is 0 Å². The van der Waals surface area contributed by atoms with Crippen LogP contribution in [0.1, 0.15) is 0 Å². The van der Waals surface area contributed by atoms with Crippen molar-refractivity contribution < 1.29 is 14.3 Å². The Morgan fingerprint density at radius 3 is 2.83 bits per heavy atom. The molecule has 0 saturated heterocycles. The minimum atomic E-state index is -0.272. The number of halogens is 1. The molecule has 0 amide bonds. The maximum Gasteiger partial charge on any atom is 0.320 e. The van der Waals surface area contributed by atoms with E-state index in [-0.39, 0.29) is 17.5 Å². The highest BCUT2D eigenvalue weighted by molar-refractivity contribution is 8.00. The number of benzene rings is 1. The van der Waals surface area contributed by atoms with Crippen LogP contribution in [0.2, 0.25) is 5.02 Å². The van der Waals surface area contributed by atoms with E-state index in [0.29, 0.717) is 5.02 Å². The van der Waals surface area contributed by atoms with E-state index < -0.39 is 0 Å². The van der Waals surface area contributed by atoms with Gasteiger partial charge in [-0.05, 0) is 30.2 Å². The summed E-state index contributed by atoms with van der Waals surface area (Å²) >= 11 is 7.16. The number of nitrogens with zero attached hydrogens (tertiary/aromatic N) is 3. The molecule has 0 fully saturated rings. The third kappa shape index (κ3) is 3.75. The van der Waals surface area contributed by atoms with Crippen LogP contribution in [-0.4, -0.2) is 16.9 Å². The Morgan fingerprint density at radius 2 is 2.22 bits per heavy atom. The Morgan fingerprint density at radius 1 is 1.50 bits per heavy atom. The van der Waals surface area contributed by atoms with E-state index in [1.54, 1.807) is 19.2 Å². The number of thioether (sulfide) groups is 1. The van der Waals surface area contributed by atoms with Crippen molar-refractivity contribution in [2.24, 2.45) is 12.0 Å². The summed E-state index contributed by atoms with van der Waals surface area (Å²) < 4.78 is 6.24. The number of hydrogen-bond donors (Lipinski definition) is 0. The van der Waals surface area contributed by atoms with Gasteiger partial charge < -0.3 is 5.11 Å². The molecule has 2 rings (SSSR count). The van der Waals surface area contributed by atoms with E-state index in [0.717, 1.165) is 4.90 Å². The number of aliphatic imine (C=N–C) groups is 1. The molecule has 0 N–H and O–H groups in total. The van der Waals surface area contributed by atoms with Crippen molar-refractivity contribution >= 4 is 35.1 Å². The maximum absolute atomic E-state index is 11.6. The van der Waals surface area contributed by atoms with Gasteiger partial charge in [-0.15, -0.1) is 11.8 Å². The van der Waals surface area contributed by atoms with Gasteiger partial charge in [-0.3, -0.25) is 4.52 Å². The van der Waals surface area contributed by atoms with Crippen LogP contribution in [0.4, 0.5) is 5.88 Å². The fourth-order valence-electron chi connectivity index (χ4n) is 1.19. The van der Waals surface area contributed by atoms with Gasteiger partial charge in [0.2, 0.25) is 0 Å². The Balaban J connectivity index is 1.93. The Bertz CT molecular complexity index is 554. The standard InChI is InChI=1S/C11H10ClN3O2S/c1-15-6-11(17-14-15)13-10(16)7-18-9-4-2-8(12)3-5-9/h2-6H,7H2,1H3. The molecular formula is C11H10ClN3O2S. The average molecular weight is 284 g/mol. The molecule has 5 nitrogen and oxygen atoms in total. The summed E-state index contributed by atoms with van der Waals surface area (Å²) in [5, 5.41) is 15.8. The van der Waals surface area contributed by atoms with Gasteiger partial charge >= 0.3 is 5.88 Å². The molecular weight excluding hydrogens is 274 g/mol. The van der Waals surface area contributed by atoms with Crippen molar-refractivity contribution in [2.45, 2.75) is 4.90 Å². The molecule has 18 heavy (non-hydrogen) atoms. The topological polar surface area (TPSA) is 65.3 Å². The molecule has 0 aliphatic carbocycles. The van der Waals surface area contributed by atoms with E-state index in [2.05, 4.69) is 10.3 Å². The molecule has 0 spiro atoms. The summed E-state index contributed by atoms with van der Waals surface area (Å²) in [6, 6.07) is 7.27. The number of aryl methyl sites for hydroxylation is 1. The first-order chi connectivity index (χ1) is 8.63. The fraction of sp³-hybridized carbons (Fsp3) is 0.182. The monoisotopic (exact) mass is 283 g/mol. The largest absolute Gasteiger partial charge is 0.861 e. The molecule has 0 atom stereocenters. The average Bonchev–Trinajstić information content (AvgIpc) is 2.74. The summed E-state index contributed by atoms with van der Waals surface area (Å²) in [5.74, 6) is 0.178. The fourth-order valence-corrected chi connectivity index (χ4v) is 2.00. The molecule has 2 aromatic rings. The van der Waals surface area contributed by atoms with Gasteiger partial charge in [0.05, 0.1) is 0 Å². The maximum atomic E-state index is 11.6. The first kappa shape index (κ1) is 12.9. The second-order valence-electron chi connectivity index (χ2n) is 3.46. The van der Waals surface area contributed by atoms with Crippen molar-refractivity contribution in [2.75, 3.05) is 5.75 Å². The molecule has 0 saturated carbocycles. The second-order valence-corrected chi connectivity index (χ2v) is 4.95. The second kappa shape index (κ2) is 5.88. The molecule has 94 valence electrons. The lowest BCUT2D eigenvalue weighted by molar-refractivity contribution is -0.739. The lowest BCUT2D eigenvalue weighted by atomic mass is 10.4. The molecule has 1 aromatic heterocycles. The normalized spacial score (nSPS) is 11.8.